The Bertz CT molecular complexity index is 268. The van der Waals surface area contributed by atoms with Crippen LogP contribution >= 0.6 is 0 Å². The second-order valence-electron chi connectivity index (χ2n) is 6.98. The minimum atomic E-state index is -0.122. The van der Waals surface area contributed by atoms with Crippen LogP contribution in [-0.2, 0) is 0 Å². The van der Waals surface area contributed by atoms with Crippen molar-refractivity contribution in [1.82, 2.24) is 4.90 Å². The van der Waals surface area contributed by atoms with E-state index in [1.807, 2.05) is 0 Å². The van der Waals surface area contributed by atoms with E-state index >= 15 is 0 Å². The molecular weight excluding hydrogens is 234 g/mol. The lowest BCUT2D eigenvalue weighted by Crippen LogP contribution is -2.57. The minimum absolute atomic E-state index is 0.0538. The second-order valence-corrected chi connectivity index (χ2v) is 6.98. The van der Waals surface area contributed by atoms with Gasteiger partial charge in [-0.2, -0.15) is 0 Å². The first-order chi connectivity index (χ1) is 9.14. The maximum atomic E-state index is 11.1. The molecule has 1 N–H and O–H groups in total. The maximum absolute atomic E-state index is 11.1. The average Bonchev–Trinajstić information content (AvgIpc) is 2.95. The van der Waals surface area contributed by atoms with Gasteiger partial charge in [-0.3, -0.25) is 4.90 Å². The van der Waals surface area contributed by atoms with E-state index in [-0.39, 0.29) is 11.6 Å². The van der Waals surface area contributed by atoms with Crippen LogP contribution in [-0.4, -0.2) is 34.7 Å². The van der Waals surface area contributed by atoms with Crippen molar-refractivity contribution in [2.75, 3.05) is 13.1 Å². The fraction of sp³-hybridized carbons (Fsp3) is 1.00. The molecule has 1 saturated carbocycles. The average molecular weight is 267 g/mol. The van der Waals surface area contributed by atoms with Crippen LogP contribution in [0.4, 0.5) is 0 Å². The Hall–Kier alpha value is -0.0800. The number of aliphatic hydroxyl groups excluding tert-OH is 1. The van der Waals surface area contributed by atoms with E-state index in [2.05, 4.69) is 25.7 Å². The SMILES string of the molecule is CCC(CC)(C(O)C1CCCC(C)C1)N1CCCC1. The number of likely N-dealkylation sites (tertiary alicyclic amines) is 1. The van der Waals surface area contributed by atoms with Crippen molar-refractivity contribution >= 4 is 0 Å². The van der Waals surface area contributed by atoms with Gasteiger partial charge in [-0.05, 0) is 63.5 Å². The summed E-state index contributed by atoms with van der Waals surface area (Å²) in [5, 5.41) is 11.1. The number of hydrogen-bond acceptors (Lipinski definition) is 2. The largest absolute Gasteiger partial charge is 0.391 e. The van der Waals surface area contributed by atoms with E-state index in [0.717, 1.165) is 18.8 Å². The zero-order valence-corrected chi connectivity index (χ0v) is 13.2. The molecule has 1 aliphatic carbocycles. The summed E-state index contributed by atoms with van der Waals surface area (Å²) in [6.45, 7) is 9.30. The van der Waals surface area contributed by atoms with Crippen molar-refractivity contribution < 1.29 is 5.11 Å². The Morgan fingerprint density at radius 1 is 1.11 bits per heavy atom. The van der Waals surface area contributed by atoms with Gasteiger partial charge in [0.05, 0.1) is 6.10 Å². The zero-order valence-electron chi connectivity index (χ0n) is 13.2. The normalized spacial score (nSPS) is 31.6. The highest BCUT2D eigenvalue weighted by atomic mass is 16.3. The number of aliphatic hydroxyl groups is 1. The molecule has 2 heteroatoms. The fourth-order valence-electron chi connectivity index (χ4n) is 4.67. The van der Waals surface area contributed by atoms with E-state index in [0.29, 0.717) is 5.92 Å². The monoisotopic (exact) mass is 267 g/mol. The van der Waals surface area contributed by atoms with Gasteiger partial charge in [0.25, 0.3) is 0 Å². The Balaban J connectivity index is 2.12. The lowest BCUT2D eigenvalue weighted by Gasteiger charge is -2.48. The fourth-order valence-corrected chi connectivity index (χ4v) is 4.67. The van der Waals surface area contributed by atoms with Gasteiger partial charge in [0.1, 0.15) is 0 Å². The van der Waals surface area contributed by atoms with E-state index in [1.54, 1.807) is 0 Å². The number of rotatable bonds is 5. The van der Waals surface area contributed by atoms with Crippen molar-refractivity contribution in [3.8, 4) is 0 Å². The van der Waals surface area contributed by atoms with E-state index in [1.165, 1.54) is 51.6 Å². The van der Waals surface area contributed by atoms with Crippen molar-refractivity contribution in [3.05, 3.63) is 0 Å². The van der Waals surface area contributed by atoms with Gasteiger partial charge >= 0.3 is 0 Å². The summed E-state index contributed by atoms with van der Waals surface area (Å²) in [6, 6.07) is 0. The van der Waals surface area contributed by atoms with Crippen molar-refractivity contribution in [3.63, 3.8) is 0 Å². The van der Waals surface area contributed by atoms with Gasteiger partial charge in [0.2, 0.25) is 0 Å². The van der Waals surface area contributed by atoms with E-state index in [9.17, 15) is 5.11 Å². The Morgan fingerprint density at radius 3 is 2.26 bits per heavy atom. The smallest absolute Gasteiger partial charge is 0.0751 e. The molecule has 2 rings (SSSR count). The van der Waals surface area contributed by atoms with Crippen molar-refractivity contribution in [2.24, 2.45) is 11.8 Å². The van der Waals surface area contributed by atoms with Crippen LogP contribution in [0, 0.1) is 11.8 Å². The minimum Gasteiger partial charge on any atom is -0.391 e. The molecule has 0 aromatic heterocycles. The zero-order chi connectivity index (χ0) is 13.9. The molecule has 0 radical (unpaired) electrons. The molecule has 2 nitrogen and oxygen atoms in total. The molecule has 1 aliphatic heterocycles. The van der Waals surface area contributed by atoms with Crippen LogP contribution < -0.4 is 0 Å². The van der Waals surface area contributed by atoms with Gasteiger partial charge in [0, 0.05) is 5.54 Å². The van der Waals surface area contributed by atoms with Crippen LogP contribution in [0.3, 0.4) is 0 Å². The topological polar surface area (TPSA) is 23.5 Å². The van der Waals surface area contributed by atoms with E-state index in [4.69, 9.17) is 0 Å². The summed E-state index contributed by atoms with van der Waals surface area (Å²) < 4.78 is 0. The molecule has 2 fully saturated rings. The lowest BCUT2D eigenvalue weighted by molar-refractivity contribution is -0.0700. The number of nitrogens with zero attached hydrogens (tertiary/aromatic N) is 1. The highest BCUT2D eigenvalue weighted by Crippen LogP contribution is 2.40. The van der Waals surface area contributed by atoms with Crippen LogP contribution in [0.1, 0.15) is 72.1 Å². The summed E-state index contributed by atoms with van der Waals surface area (Å²) in [5.41, 5.74) is 0.0538. The molecule has 1 saturated heterocycles. The lowest BCUT2D eigenvalue weighted by atomic mass is 9.71. The molecule has 112 valence electrons. The van der Waals surface area contributed by atoms with E-state index < -0.39 is 0 Å². The molecule has 0 spiro atoms. The molecule has 3 unspecified atom stereocenters. The molecule has 1 heterocycles. The van der Waals surface area contributed by atoms with Crippen LogP contribution in [0.2, 0.25) is 0 Å². The summed E-state index contributed by atoms with van der Waals surface area (Å²) in [7, 11) is 0. The molecule has 0 aromatic rings. The van der Waals surface area contributed by atoms with Crippen molar-refractivity contribution in [1.29, 1.82) is 0 Å². The third-order valence-corrected chi connectivity index (χ3v) is 5.93. The first-order valence-corrected chi connectivity index (χ1v) is 8.57. The standard InChI is InChI=1S/C17H33NO/c1-4-17(5-2,18-11-6-7-12-18)16(19)15-10-8-9-14(3)13-15/h14-16,19H,4-13H2,1-3H3. The third-order valence-electron chi connectivity index (χ3n) is 5.93. The van der Waals surface area contributed by atoms with Gasteiger partial charge in [0.15, 0.2) is 0 Å². The Morgan fingerprint density at radius 2 is 1.74 bits per heavy atom. The molecule has 2 aliphatic rings. The van der Waals surface area contributed by atoms with Crippen molar-refractivity contribution in [2.45, 2.75) is 83.8 Å². The summed E-state index contributed by atoms with van der Waals surface area (Å²) >= 11 is 0. The van der Waals surface area contributed by atoms with Gasteiger partial charge in [-0.1, -0.05) is 33.6 Å². The molecule has 0 amide bonds. The van der Waals surface area contributed by atoms with Crippen LogP contribution in [0.15, 0.2) is 0 Å². The molecule has 3 atom stereocenters. The first-order valence-electron chi connectivity index (χ1n) is 8.57. The molecule has 0 aromatic carbocycles. The van der Waals surface area contributed by atoms with Crippen LogP contribution in [0.5, 0.6) is 0 Å². The predicted molar refractivity (Wildman–Crippen MR) is 81.2 cm³/mol. The molecular formula is C17H33NO. The predicted octanol–water partition coefficient (Wildman–Crippen LogP) is 3.83. The van der Waals surface area contributed by atoms with Gasteiger partial charge < -0.3 is 5.11 Å². The van der Waals surface area contributed by atoms with Gasteiger partial charge in [-0.15, -0.1) is 0 Å². The Kier molecular flexibility index (Phi) is 5.30. The highest BCUT2D eigenvalue weighted by Gasteiger charge is 2.45. The summed E-state index contributed by atoms with van der Waals surface area (Å²) in [4.78, 5) is 2.61. The molecule has 0 bridgehead atoms. The first kappa shape index (κ1) is 15.3. The highest BCUT2D eigenvalue weighted by molar-refractivity contribution is 5.00. The van der Waals surface area contributed by atoms with Crippen LogP contribution in [0.25, 0.3) is 0 Å². The third kappa shape index (κ3) is 3.00. The van der Waals surface area contributed by atoms with Gasteiger partial charge in [-0.25, -0.2) is 0 Å². The Labute approximate surface area is 119 Å². The maximum Gasteiger partial charge on any atom is 0.0751 e. The summed E-state index contributed by atoms with van der Waals surface area (Å²) in [5.74, 6) is 1.34. The number of hydrogen-bond donors (Lipinski definition) is 1. The second kappa shape index (κ2) is 6.58. The quantitative estimate of drug-likeness (QED) is 0.818. The summed E-state index contributed by atoms with van der Waals surface area (Å²) in [6.07, 6.45) is 9.84. The molecule has 19 heavy (non-hydrogen) atoms.